The number of nitrogens with two attached hydrogens (primary N) is 3. The van der Waals surface area contributed by atoms with Crippen LogP contribution in [0.25, 0.3) is 0 Å². The Morgan fingerprint density at radius 3 is 1.29 bits per heavy atom. The van der Waals surface area contributed by atoms with Gasteiger partial charge in [0.1, 0.15) is 0 Å². The molecule has 0 rings (SSSR count). The Morgan fingerprint density at radius 2 is 1.29 bits per heavy atom. The summed E-state index contributed by atoms with van der Waals surface area (Å²) in [6, 6.07) is 0. The van der Waals surface area contributed by atoms with Crippen LogP contribution in [0.2, 0.25) is 0 Å². The fourth-order valence-electron chi connectivity index (χ4n) is 0. The van der Waals surface area contributed by atoms with Gasteiger partial charge in [-0.25, -0.2) is 13.6 Å². The van der Waals surface area contributed by atoms with Crippen molar-refractivity contribution in [3.8, 4) is 0 Å². The van der Waals surface area contributed by atoms with Crippen molar-refractivity contribution in [1.82, 2.24) is 0 Å². The van der Waals surface area contributed by atoms with E-state index in [1.165, 1.54) is 0 Å². The van der Waals surface area contributed by atoms with Crippen molar-refractivity contribution in [2.75, 3.05) is 6.26 Å². The average Bonchev–Trinajstić information content (AvgIpc) is 1.36. The number of rotatable bonds is 0. The maximum absolute atomic E-state index is 9.41. The molecule has 6 heteroatoms. The summed E-state index contributed by atoms with van der Waals surface area (Å²) < 4.78 is 18.8. The van der Waals surface area contributed by atoms with E-state index in [0.29, 0.717) is 0 Å². The monoisotopic (exact) mass is 127 g/mol. The number of sulfonamides is 1. The first-order valence-corrected chi connectivity index (χ1v) is 3.27. The first-order chi connectivity index (χ1) is 3.00. The summed E-state index contributed by atoms with van der Waals surface area (Å²) in [6.45, 7) is 0. The van der Waals surface area contributed by atoms with Crippen LogP contribution in [0.15, 0.2) is 0 Å². The highest BCUT2D eigenvalue weighted by Gasteiger charge is 1.78. The number of hydrogen-bond acceptors (Lipinski definition) is 4. The smallest absolute Gasteiger partial charge is 0.206 e. The number of hydrogen-bond donors (Lipinski definition) is 3. The van der Waals surface area contributed by atoms with Gasteiger partial charge >= 0.3 is 0 Å². The Balaban J connectivity index is 0. The van der Waals surface area contributed by atoms with Gasteiger partial charge in [-0.05, 0) is 0 Å². The maximum atomic E-state index is 9.41. The lowest BCUT2D eigenvalue weighted by Gasteiger charge is -1.71. The van der Waals surface area contributed by atoms with Crippen LogP contribution in [0.1, 0.15) is 0 Å². The molecule has 0 aromatic carbocycles. The quantitative estimate of drug-likeness (QED) is 0.251. The van der Waals surface area contributed by atoms with E-state index < -0.39 is 10.0 Å². The average molecular weight is 127 g/mol. The zero-order valence-corrected chi connectivity index (χ0v) is 4.77. The lowest BCUT2D eigenvalue weighted by molar-refractivity contribution is 0.603. The Kier molecular flexibility index (Phi) is 5.69. The molecule has 46 valence electrons. The third-order valence-electron chi connectivity index (χ3n) is 0. The predicted molar refractivity (Wildman–Crippen MR) is 27.4 cm³/mol. The minimum atomic E-state index is -3.17. The van der Waals surface area contributed by atoms with Crippen LogP contribution in [-0.2, 0) is 10.0 Å². The SMILES string of the molecule is CS(N)(=O)=O.NN. The highest BCUT2D eigenvalue weighted by Crippen LogP contribution is 1.52. The zero-order chi connectivity index (χ0) is 6.50. The highest BCUT2D eigenvalue weighted by atomic mass is 32.2. The highest BCUT2D eigenvalue weighted by molar-refractivity contribution is 7.88. The lowest BCUT2D eigenvalue weighted by atomic mass is 12.0. The van der Waals surface area contributed by atoms with Gasteiger partial charge in [0, 0.05) is 0 Å². The molecule has 0 aromatic rings. The minimum Gasteiger partial charge on any atom is -0.274 e. The molecule has 0 aliphatic carbocycles. The molecule has 0 amide bonds. The summed E-state index contributed by atoms with van der Waals surface area (Å²) >= 11 is 0. The van der Waals surface area contributed by atoms with Crippen LogP contribution in [-0.4, -0.2) is 14.7 Å². The van der Waals surface area contributed by atoms with E-state index in [9.17, 15) is 8.42 Å². The largest absolute Gasteiger partial charge is 0.274 e. The summed E-state index contributed by atoms with van der Waals surface area (Å²) in [5.41, 5.74) is 0. The van der Waals surface area contributed by atoms with E-state index in [-0.39, 0.29) is 0 Å². The first-order valence-electron chi connectivity index (χ1n) is 1.31. The molecule has 0 saturated heterocycles. The van der Waals surface area contributed by atoms with Crippen LogP contribution in [0.4, 0.5) is 0 Å². The maximum Gasteiger partial charge on any atom is 0.206 e. The fraction of sp³-hybridized carbons (Fsp3) is 1.00. The van der Waals surface area contributed by atoms with Crippen molar-refractivity contribution in [2.24, 2.45) is 16.8 Å². The molecular weight excluding hydrogens is 118 g/mol. The van der Waals surface area contributed by atoms with Crippen molar-refractivity contribution in [3.05, 3.63) is 0 Å². The van der Waals surface area contributed by atoms with Gasteiger partial charge in [-0.2, -0.15) is 0 Å². The molecule has 0 unspecified atom stereocenters. The van der Waals surface area contributed by atoms with Gasteiger partial charge in [-0.15, -0.1) is 0 Å². The standard InChI is InChI=1S/CH5NO2S.H4N2/c1-5(2,3)4;1-2/h1H3,(H2,2,3,4);1-2H2. The second-order valence-electron chi connectivity index (χ2n) is 0.830. The van der Waals surface area contributed by atoms with Gasteiger partial charge in [-0.3, -0.25) is 11.7 Å². The van der Waals surface area contributed by atoms with Gasteiger partial charge < -0.3 is 0 Å². The van der Waals surface area contributed by atoms with Gasteiger partial charge in [0.2, 0.25) is 10.0 Å². The molecule has 5 nitrogen and oxygen atoms in total. The molecule has 0 atom stereocenters. The Hall–Kier alpha value is -0.170. The van der Waals surface area contributed by atoms with E-state index in [0.717, 1.165) is 6.26 Å². The van der Waals surface area contributed by atoms with E-state index in [4.69, 9.17) is 0 Å². The van der Waals surface area contributed by atoms with E-state index in [1.807, 2.05) is 0 Å². The molecule has 0 bridgehead atoms. The third-order valence-corrected chi connectivity index (χ3v) is 0. The first kappa shape index (κ1) is 9.95. The molecular formula is CH9N3O2S. The number of primary sulfonamides is 1. The van der Waals surface area contributed by atoms with Gasteiger partial charge in [0.15, 0.2) is 0 Å². The molecule has 0 aliphatic heterocycles. The normalized spacial score (nSPS) is 9.14. The summed E-state index contributed by atoms with van der Waals surface area (Å²) in [4.78, 5) is 0. The molecule has 0 aromatic heterocycles. The molecule has 0 saturated carbocycles. The van der Waals surface area contributed by atoms with Crippen LogP contribution < -0.4 is 16.8 Å². The van der Waals surface area contributed by atoms with Crippen molar-refractivity contribution in [3.63, 3.8) is 0 Å². The minimum absolute atomic E-state index is 0.938. The Bertz CT molecular complexity index is 96.1. The molecule has 0 aliphatic rings. The molecule has 0 radical (unpaired) electrons. The fourth-order valence-corrected chi connectivity index (χ4v) is 0. The second-order valence-corrected chi connectivity index (χ2v) is 2.49. The molecule has 0 heterocycles. The van der Waals surface area contributed by atoms with E-state index in [2.05, 4.69) is 16.8 Å². The third kappa shape index (κ3) is 2960. The zero-order valence-electron chi connectivity index (χ0n) is 3.96. The lowest BCUT2D eigenvalue weighted by Crippen LogP contribution is -2.07. The predicted octanol–water partition coefficient (Wildman–Crippen LogP) is -2.28. The second kappa shape index (κ2) is 4.00. The van der Waals surface area contributed by atoms with Crippen LogP contribution in [0, 0.1) is 0 Å². The van der Waals surface area contributed by atoms with Crippen molar-refractivity contribution >= 4 is 10.0 Å². The van der Waals surface area contributed by atoms with Crippen LogP contribution in [0.5, 0.6) is 0 Å². The number of hydrazine groups is 1. The van der Waals surface area contributed by atoms with Crippen molar-refractivity contribution in [2.45, 2.75) is 0 Å². The van der Waals surface area contributed by atoms with Gasteiger partial charge in [0.25, 0.3) is 0 Å². The molecule has 0 fully saturated rings. The summed E-state index contributed by atoms with van der Waals surface area (Å²) in [7, 11) is -3.17. The Morgan fingerprint density at radius 1 is 1.29 bits per heavy atom. The summed E-state index contributed by atoms with van der Waals surface area (Å²) in [5.74, 6) is 8.00. The topological polar surface area (TPSA) is 112 Å². The Labute approximate surface area is 42.5 Å². The van der Waals surface area contributed by atoms with E-state index >= 15 is 0 Å². The van der Waals surface area contributed by atoms with Crippen LogP contribution >= 0.6 is 0 Å². The molecule has 7 heavy (non-hydrogen) atoms. The molecule has 6 N–H and O–H groups in total. The van der Waals surface area contributed by atoms with E-state index in [1.54, 1.807) is 0 Å². The molecule has 0 spiro atoms. The van der Waals surface area contributed by atoms with Crippen molar-refractivity contribution in [1.29, 1.82) is 0 Å². The van der Waals surface area contributed by atoms with Gasteiger partial charge in [0.05, 0.1) is 6.26 Å². The summed E-state index contributed by atoms with van der Waals surface area (Å²) in [5, 5.41) is 4.33. The summed E-state index contributed by atoms with van der Waals surface area (Å²) in [6.07, 6.45) is 0.938. The van der Waals surface area contributed by atoms with Crippen LogP contribution in [0.3, 0.4) is 0 Å². The van der Waals surface area contributed by atoms with Crippen molar-refractivity contribution < 1.29 is 8.42 Å². The van der Waals surface area contributed by atoms with Gasteiger partial charge in [-0.1, -0.05) is 0 Å².